The third-order valence-electron chi connectivity index (χ3n) is 3.68. The monoisotopic (exact) mass is 292 g/mol. The van der Waals surface area contributed by atoms with Gasteiger partial charge < -0.3 is 30.4 Å². The fourth-order valence-electron chi connectivity index (χ4n) is 2.60. The molecule has 1 aliphatic rings. The molecule has 0 amide bonds. The first-order chi connectivity index (χ1) is 10.1. The zero-order valence-corrected chi connectivity index (χ0v) is 11.1. The molecule has 5 N–H and O–H groups in total. The fourth-order valence-corrected chi connectivity index (χ4v) is 2.60. The average Bonchev–Trinajstić information content (AvgIpc) is 2.99. The van der Waals surface area contributed by atoms with Crippen LogP contribution in [-0.4, -0.2) is 54.8 Å². The lowest BCUT2D eigenvalue weighted by Gasteiger charge is -2.17. The van der Waals surface area contributed by atoms with Crippen LogP contribution in [0.15, 0.2) is 19.1 Å². The second-order valence-electron chi connectivity index (χ2n) is 4.88. The second kappa shape index (κ2) is 5.08. The van der Waals surface area contributed by atoms with Crippen molar-refractivity contribution in [1.82, 2.24) is 14.5 Å². The van der Waals surface area contributed by atoms with Gasteiger partial charge in [-0.25, -0.2) is 9.97 Å². The van der Waals surface area contributed by atoms with E-state index in [0.717, 1.165) is 0 Å². The molecule has 112 valence electrons. The van der Waals surface area contributed by atoms with Gasteiger partial charge in [0, 0.05) is 11.8 Å². The SMILES string of the molecule is C=Cc1cn([C@@H]2O[C@H](CO)C(O)C2O)c2ncnc(N)c12. The minimum Gasteiger partial charge on any atom is -0.394 e. The van der Waals surface area contributed by atoms with Crippen LogP contribution in [0, 0.1) is 0 Å². The van der Waals surface area contributed by atoms with Gasteiger partial charge in [0.25, 0.3) is 0 Å². The van der Waals surface area contributed by atoms with Gasteiger partial charge in [0.15, 0.2) is 6.23 Å². The molecule has 8 nitrogen and oxygen atoms in total. The van der Waals surface area contributed by atoms with Crippen LogP contribution in [0.4, 0.5) is 5.82 Å². The van der Waals surface area contributed by atoms with Crippen molar-refractivity contribution >= 4 is 22.9 Å². The molecule has 0 spiro atoms. The maximum absolute atomic E-state index is 10.1. The lowest BCUT2D eigenvalue weighted by Crippen LogP contribution is -2.33. The van der Waals surface area contributed by atoms with E-state index in [1.165, 1.54) is 6.33 Å². The molecule has 2 aromatic heterocycles. The molecule has 3 rings (SSSR count). The topological polar surface area (TPSA) is 127 Å². The van der Waals surface area contributed by atoms with Crippen LogP contribution < -0.4 is 5.73 Å². The Kier molecular flexibility index (Phi) is 3.38. The third kappa shape index (κ3) is 2.00. The van der Waals surface area contributed by atoms with Crippen molar-refractivity contribution in [1.29, 1.82) is 0 Å². The molecule has 4 atom stereocenters. The summed E-state index contributed by atoms with van der Waals surface area (Å²) in [4.78, 5) is 8.09. The molecule has 21 heavy (non-hydrogen) atoms. The summed E-state index contributed by atoms with van der Waals surface area (Å²) in [6.07, 6.45) is 0.484. The Hall–Kier alpha value is -2.00. The summed E-state index contributed by atoms with van der Waals surface area (Å²) in [5.41, 5.74) is 7.02. The van der Waals surface area contributed by atoms with E-state index < -0.39 is 24.5 Å². The number of nitrogens with two attached hydrogens (primary N) is 1. The summed E-state index contributed by atoms with van der Waals surface area (Å²) in [7, 11) is 0. The maximum Gasteiger partial charge on any atom is 0.164 e. The third-order valence-corrected chi connectivity index (χ3v) is 3.68. The number of aliphatic hydroxyl groups is 3. The highest BCUT2D eigenvalue weighted by atomic mass is 16.6. The van der Waals surface area contributed by atoms with Crippen LogP contribution in [0.1, 0.15) is 11.8 Å². The lowest BCUT2D eigenvalue weighted by molar-refractivity contribution is -0.0508. The smallest absolute Gasteiger partial charge is 0.164 e. The minimum absolute atomic E-state index is 0.292. The Morgan fingerprint density at radius 3 is 2.76 bits per heavy atom. The molecule has 0 bridgehead atoms. The van der Waals surface area contributed by atoms with Gasteiger partial charge in [0.1, 0.15) is 36.1 Å². The number of fused-ring (bicyclic) bond motifs is 1. The fraction of sp³-hybridized carbons (Fsp3) is 0.385. The molecular weight excluding hydrogens is 276 g/mol. The Labute approximate surface area is 120 Å². The van der Waals surface area contributed by atoms with Crippen molar-refractivity contribution in [2.45, 2.75) is 24.5 Å². The molecule has 2 unspecified atom stereocenters. The number of aromatic nitrogens is 3. The number of nitrogens with zero attached hydrogens (tertiary/aromatic N) is 3. The first kappa shape index (κ1) is 14.0. The van der Waals surface area contributed by atoms with Crippen molar-refractivity contribution in [2.24, 2.45) is 0 Å². The largest absolute Gasteiger partial charge is 0.394 e. The highest BCUT2D eigenvalue weighted by Gasteiger charge is 2.44. The summed E-state index contributed by atoms with van der Waals surface area (Å²) in [6.45, 7) is 3.32. The molecular formula is C13H16N4O4. The second-order valence-corrected chi connectivity index (χ2v) is 4.88. The summed E-state index contributed by atoms with van der Waals surface area (Å²) >= 11 is 0. The summed E-state index contributed by atoms with van der Waals surface area (Å²) in [5, 5.41) is 29.7. The number of nitrogen functional groups attached to an aromatic ring is 1. The van der Waals surface area contributed by atoms with Gasteiger partial charge in [-0.3, -0.25) is 0 Å². The van der Waals surface area contributed by atoms with Crippen LogP contribution >= 0.6 is 0 Å². The molecule has 8 heteroatoms. The standard InChI is InChI=1S/C13H16N4O4/c1-2-6-3-17(12-8(6)11(14)15-5-16-12)13-10(20)9(19)7(4-18)21-13/h2-3,5,7,9-10,13,18-20H,1,4H2,(H2,14,15,16)/t7-,9?,10?,13-/m1/s1. The molecule has 0 saturated carbocycles. The van der Waals surface area contributed by atoms with Crippen LogP contribution in [0.2, 0.25) is 0 Å². The minimum atomic E-state index is -1.19. The Balaban J connectivity index is 2.14. The molecule has 1 aliphatic heterocycles. The van der Waals surface area contributed by atoms with Gasteiger partial charge in [-0.15, -0.1) is 0 Å². The van der Waals surface area contributed by atoms with E-state index in [9.17, 15) is 10.2 Å². The first-order valence-electron chi connectivity index (χ1n) is 6.44. The van der Waals surface area contributed by atoms with E-state index >= 15 is 0 Å². The van der Waals surface area contributed by atoms with E-state index in [-0.39, 0.29) is 6.61 Å². The quantitative estimate of drug-likeness (QED) is 0.587. The van der Waals surface area contributed by atoms with Crippen molar-refractivity contribution in [3.8, 4) is 0 Å². The van der Waals surface area contributed by atoms with Crippen LogP contribution in [0.3, 0.4) is 0 Å². The Morgan fingerprint density at radius 1 is 1.38 bits per heavy atom. The summed E-state index contributed by atoms with van der Waals surface area (Å²) in [6, 6.07) is 0. The predicted molar refractivity (Wildman–Crippen MR) is 75.0 cm³/mol. The van der Waals surface area contributed by atoms with Gasteiger partial charge in [-0.1, -0.05) is 12.7 Å². The molecule has 1 saturated heterocycles. The van der Waals surface area contributed by atoms with E-state index in [0.29, 0.717) is 22.4 Å². The molecule has 1 fully saturated rings. The highest BCUT2D eigenvalue weighted by Crippen LogP contribution is 2.34. The highest BCUT2D eigenvalue weighted by molar-refractivity contribution is 5.94. The van der Waals surface area contributed by atoms with Crippen LogP contribution in [0.5, 0.6) is 0 Å². The molecule has 2 aromatic rings. The van der Waals surface area contributed by atoms with E-state index in [1.54, 1.807) is 16.8 Å². The first-order valence-corrected chi connectivity index (χ1v) is 6.44. The average molecular weight is 292 g/mol. The van der Waals surface area contributed by atoms with Gasteiger partial charge in [-0.05, 0) is 0 Å². The van der Waals surface area contributed by atoms with Crippen molar-refractivity contribution < 1.29 is 20.1 Å². The number of anilines is 1. The van der Waals surface area contributed by atoms with Crippen LogP contribution in [-0.2, 0) is 4.74 Å². The lowest BCUT2D eigenvalue weighted by atomic mass is 10.1. The zero-order valence-electron chi connectivity index (χ0n) is 11.1. The molecule has 3 heterocycles. The zero-order chi connectivity index (χ0) is 15.1. The molecule has 0 radical (unpaired) electrons. The number of rotatable bonds is 3. The number of aliphatic hydroxyl groups excluding tert-OH is 3. The van der Waals surface area contributed by atoms with Crippen molar-refractivity contribution in [3.05, 3.63) is 24.7 Å². The summed E-state index contributed by atoms with van der Waals surface area (Å²) in [5.74, 6) is 0.292. The number of ether oxygens (including phenoxy) is 1. The van der Waals surface area contributed by atoms with E-state index in [4.69, 9.17) is 15.6 Å². The van der Waals surface area contributed by atoms with Crippen LogP contribution in [0.25, 0.3) is 17.1 Å². The molecule has 0 aliphatic carbocycles. The van der Waals surface area contributed by atoms with E-state index in [2.05, 4.69) is 16.5 Å². The van der Waals surface area contributed by atoms with Crippen molar-refractivity contribution in [3.63, 3.8) is 0 Å². The summed E-state index contributed by atoms with van der Waals surface area (Å²) < 4.78 is 7.07. The molecule has 0 aromatic carbocycles. The number of hydrogen-bond donors (Lipinski definition) is 4. The maximum atomic E-state index is 10.1. The van der Waals surface area contributed by atoms with Gasteiger partial charge >= 0.3 is 0 Å². The van der Waals surface area contributed by atoms with Gasteiger partial charge in [0.2, 0.25) is 0 Å². The predicted octanol–water partition coefficient (Wildman–Crippen LogP) is -0.732. The number of hydrogen-bond acceptors (Lipinski definition) is 7. The van der Waals surface area contributed by atoms with E-state index in [1.807, 2.05) is 0 Å². The van der Waals surface area contributed by atoms with Crippen molar-refractivity contribution in [2.75, 3.05) is 12.3 Å². The van der Waals surface area contributed by atoms with Gasteiger partial charge in [-0.2, -0.15) is 0 Å². The normalized spacial score (nSPS) is 29.1. The Morgan fingerprint density at radius 2 is 2.14 bits per heavy atom. The van der Waals surface area contributed by atoms with Gasteiger partial charge in [0.05, 0.1) is 12.0 Å². The Bertz CT molecular complexity index is 686.